The number of rotatable bonds is 7. The molecular formula is C16H30ClN3O3S. The van der Waals surface area contributed by atoms with Crippen molar-refractivity contribution in [2.24, 2.45) is 5.92 Å². The van der Waals surface area contributed by atoms with Gasteiger partial charge in [0, 0.05) is 32.1 Å². The summed E-state index contributed by atoms with van der Waals surface area (Å²) in [6.07, 6.45) is 5.94. The SMILES string of the molecule is CCCCS(=O)(=O)N1CCC(C(=O)NCC2=CCNCC2)CC1.Cl. The van der Waals surface area contributed by atoms with Crippen LogP contribution in [-0.2, 0) is 14.8 Å². The van der Waals surface area contributed by atoms with E-state index in [0.29, 0.717) is 38.9 Å². The fourth-order valence-electron chi connectivity index (χ4n) is 3.03. The van der Waals surface area contributed by atoms with Gasteiger partial charge in [-0.1, -0.05) is 25.0 Å². The first-order chi connectivity index (χ1) is 11.0. The van der Waals surface area contributed by atoms with Gasteiger partial charge in [0.15, 0.2) is 0 Å². The van der Waals surface area contributed by atoms with Crippen LogP contribution in [0, 0.1) is 5.92 Å². The first-order valence-corrected chi connectivity index (χ1v) is 10.3. The number of unbranched alkanes of at least 4 members (excludes halogenated alkanes) is 1. The number of piperidine rings is 1. The minimum atomic E-state index is -3.14. The van der Waals surface area contributed by atoms with Crippen LogP contribution < -0.4 is 10.6 Å². The highest BCUT2D eigenvalue weighted by atomic mass is 35.5. The van der Waals surface area contributed by atoms with Crippen LogP contribution in [0.4, 0.5) is 0 Å². The zero-order valence-electron chi connectivity index (χ0n) is 14.4. The van der Waals surface area contributed by atoms with Crippen LogP contribution in [0.25, 0.3) is 0 Å². The lowest BCUT2D eigenvalue weighted by atomic mass is 9.97. The minimum absolute atomic E-state index is 0. The molecule has 0 aliphatic carbocycles. The molecule has 2 N–H and O–H groups in total. The summed E-state index contributed by atoms with van der Waals surface area (Å²) in [5.41, 5.74) is 1.27. The van der Waals surface area contributed by atoms with Crippen LogP contribution in [0.1, 0.15) is 39.0 Å². The number of halogens is 1. The molecular weight excluding hydrogens is 350 g/mol. The van der Waals surface area contributed by atoms with Crippen molar-refractivity contribution in [1.29, 1.82) is 0 Å². The van der Waals surface area contributed by atoms with Crippen molar-refractivity contribution in [2.45, 2.75) is 39.0 Å². The van der Waals surface area contributed by atoms with Crippen molar-refractivity contribution in [1.82, 2.24) is 14.9 Å². The van der Waals surface area contributed by atoms with Gasteiger partial charge in [0.25, 0.3) is 0 Å². The van der Waals surface area contributed by atoms with E-state index in [1.807, 2.05) is 6.92 Å². The van der Waals surface area contributed by atoms with E-state index in [0.717, 1.165) is 25.9 Å². The Morgan fingerprint density at radius 3 is 2.67 bits per heavy atom. The molecule has 1 fully saturated rings. The van der Waals surface area contributed by atoms with Crippen LogP contribution in [0.15, 0.2) is 11.6 Å². The maximum absolute atomic E-state index is 12.2. The maximum Gasteiger partial charge on any atom is 0.223 e. The van der Waals surface area contributed by atoms with Crippen LogP contribution in [0.2, 0.25) is 0 Å². The van der Waals surface area contributed by atoms with Gasteiger partial charge < -0.3 is 10.6 Å². The molecule has 2 rings (SSSR count). The first kappa shape index (κ1) is 21.4. The Hall–Kier alpha value is -0.630. The van der Waals surface area contributed by atoms with Crippen LogP contribution in [0.5, 0.6) is 0 Å². The summed E-state index contributed by atoms with van der Waals surface area (Å²) in [5.74, 6) is 0.229. The summed E-state index contributed by atoms with van der Waals surface area (Å²) in [6.45, 7) is 5.39. The van der Waals surface area contributed by atoms with Gasteiger partial charge in [0.05, 0.1) is 5.75 Å². The summed E-state index contributed by atoms with van der Waals surface area (Å²) >= 11 is 0. The van der Waals surface area contributed by atoms with Crippen LogP contribution in [-0.4, -0.2) is 57.1 Å². The fraction of sp³-hybridized carbons (Fsp3) is 0.812. The van der Waals surface area contributed by atoms with Crippen LogP contribution >= 0.6 is 12.4 Å². The topological polar surface area (TPSA) is 78.5 Å². The monoisotopic (exact) mass is 379 g/mol. The van der Waals surface area contributed by atoms with E-state index in [1.165, 1.54) is 5.57 Å². The molecule has 24 heavy (non-hydrogen) atoms. The largest absolute Gasteiger partial charge is 0.352 e. The first-order valence-electron chi connectivity index (χ1n) is 8.67. The molecule has 0 saturated carbocycles. The number of amides is 1. The van der Waals surface area contributed by atoms with Gasteiger partial charge in [-0.25, -0.2) is 12.7 Å². The molecule has 0 atom stereocenters. The summed E-state index contributed by atoms with van der Waals surface area (Å²) in [7, 11) is -3.14. The van der Waals surface area contributed by atoms with E-state index < -0.39 is 10.0 Å². The van der Waals surface area contributed by atoms with Gasteiger partial charge >= 0.3 is 0 Å². The van der Waals surface area contributed by atoms with Crippen molar-refractivity contribution in [2.75, 3.05) is 38.5 Å². The quantitative estimate of drug-likeness (QED) is 0.653. The predicted octanol–water partition coefficient (Wildman–Crippen LogP) is 1.29. The Labute approximate surface area is 151 Å². The Balaban J connectivity index is 0.00000288. The molecule has 0 aromatic heterocycles. The predicted molar refractivity (Wildman–Crippen MR) is 98.8 cm³/mol. The number of carbonyl (C=O) groups excluding carboxylic acids is 1. The summed E-state index contributed by atoms with van der Waals surface area (Å²) in [5, 5.41) is 6.25. The number of carbonyl (C=O) groups is 1. The van der Waals surface area contributed by atoms with E-state index >= 15 is 0 Å². The highest BCUT2D eigenvalue weighted by Gasteiger charge is 2.30. The number of hydrogen-bond donors (Lipinski definition) is 2. The molecule has 0 bridgehead atoms. The zero-order chi connectivity index (χ0) is 16.7. The lowest BCUT2D eigenvalue weighted by Gasteiger charge is -2.30. The summed E-state index contributed by atoms with van der Waals surface area (Å²) in [6, 6.07) is 0. The molecule has 0 radical (unpaired) electrons. The summed E-state index contributed by atoms with van der Waals surface area (Å²) < 4.78 is 25.9. The van der Waals surface area contributed by atoms with Crippen molar-refractivity contribution in [3.05, 3.63) is 11.6 Å². The number of hydrogen-bond acceptors (Lipinski definition) is 4. The van der Waals surface area contributed by atoms with Gasteiger partial charge in [-0.05, 0) is 32.2 Å². The Morgan fingerprint density at radius 2 is 2.08 bits per heavy atom. The molecule has 0 unspecified atom stereocenters. The molecule has 0 aromatic rings. The standard InChI is InChI=1S/C16H29N3O3S.ClH/c1-2-3-12-23(21,22)19-10-6-15(7-11-19)16(20)18-13-14-4-8-17-9-5-14;/h4,15,17H,2-3,5-13H2,1H3,(H,18,20);1H. The van der Waals surface area contributed by atoms with Gasteiger partial charge in [-0.3, -0.25) is 4.79 Å². The van der Waals surface area contributed by atoms with E-state index in [9.17, 15) is 13.2 Å². The second-order valence-corrected chi connectivity index (χ2v) is 8.47. The lowest BCUT2D eigenvalue weighted by Crippen LogP contribution is -2.44. The van der Waals surface area contributed by atoms with E-state index in [4.69, 9.17) is 0 Å². The van der Waals surface area contributed by atoms with Gasteiger partial charge in [0.2, 0.25) is 15.9 Å². The molecule has 0 aromatic carbocycles. The second-order valence-electron chi connectivity index (χ2n) is 6.38. The highest BCUT2D eigenvalue weighted by Crippen LogP contribution is 2.20. The van der Waals surface area contributed by atoms with Gasteiger partial charge in [0.1, 0.15) is 0 Å². The molecule has 8 heteroatoms. The molecule has 1 amide bonds. The summed E-state index contributed by atoms with van der Waals surface area (Å²) in [4.78, 5) is 12.2. The fourth-order valence-corrected chi connectivity index (χ4v) is 4.71. The van der Waals surface area contributed by atoms with E-state index in [1.54, 1.807) is 4.31 Å². The Bertz CT molecular complexity index is 529. The van der Waals surface area contributed by atoms with Crippen molar-refractivity contribution >= 4 is 28.3 Å². The van der Waals surface area contributed by atoms with Crippen molar-refractivity contribution in [3.63, 3.8) is 0 Å². The smallest absolute Gasteiger partial charge is 0.223 e. The average molecular weight is 380 g/mol. The third kappa shape index (κ3) is 6.35. The zero-order valence-corrected chi connectivity index (χ0v) is 16.1. The van der Waals surface area contributed by atoms with E-state index in [2.05, 4.69) is 16.7 Å². The third-order valence-electron chi connectivity index (χ3n) is 4.62. The second kappa shape index (κ2) is 10.4. The molecule has 2 aliphatic rings. The van der Waals surface area contributed by atoms with Crippen molar-refractivity contribution < 1.29 is 13.2 Å². The number of nitrogens with zero attached hydrogens (tertiary/aromatic N) is 1. The normalized spacial score (nSPS) is 20.1. The highest BCUT2D eigenvalue weighted by molar-refractivity contribution is 7.89. The number of sulfonamides is 1. The third-order valence-corrected chi connectivity index (χ3v) is 6.58. The van der Waals surface area contributed by atoms with Crippen molar-refractivity contribution in [3.8, 4) is 0 Å². The Kier molecular flexibility index (Phi) is 9.26. The maximum atomic E-state index is 12.2. The lowest BCUT2D eigenvalue weighted by molar-refractivity contribution is -0.125. The van der Waals surface area contributed by atoms with Gasteiger partial charge in [-0.15, -0.1) is 12.4 Å². The molecule has 2 aliphatic heterocycles. The number of nitrogens with one attached hydrogen (secondary N) is 2. The molecule has 0 spiro atoms. The van der Waals surface area contributed by atoms with Crippen LogP contribution in [0.3, 0.4) is 0 Å². The van der Waals surface area contributed by atoms with Gasteiger partial charge in [-0.2, -0.15) is 0 Å². The molecule has 140 valence electrons. The van der Waals surface area contributed by atoms with E-state index in [-0.39, 0.29) is 30.0 Å². The molecule has 2 heterocycles. The molecule has 6 nitrogen and oxygen atoms in total. The average Bonchev–Trinajstić information content (AvgIpc) is 2.59. The minimum Gasteiger partial charge on any atom is -0.352 e. The Morgan fingerprint density at radius 1 is 1.38 bits per heavy atom. The molecule has 1 saturated heterocycles.